The summed E-state index contributed by atoms with van der Waals surface area (Å²) in [4.78, 5) is 0.0417. The SMILES string of the molecule is Nc1csc([C@H](N)C(F)(F)F)c1. The first kappa shape index (κ1) is 9.34. The molecule has 68 valence electrons. The summed E-state index contributed by atoms with van der Waals surface area (Å²) >= 11 is 0.915. The second-order valence-corrected chi connectivity index (χ2v) is 3.24. The van der Waals surface area contributed by atoms with E-state index >= 15 is 0 Å². The van der Waals surface area contributed by atoms with E-state index in [-0.39, 0.29) is 4.88 Å². The van der Waals surface area contributed by atoms with Gasteiger partial charge in [-0.25, -0.2) is 0 Å². The maximum absolute atomic E-state index is 12.0. The second kappa shape index (κ2) is 2.95. The van der Waals surface area contributed by atoms with Gasteiger partial charge in [-0.15, -0.1) is 11.3 Å². The minimum Gasteiger partial charge on any atom is -0.398 e. The monoisotopic (exact) mass is 196 g/mol. The molecule has 1 aromatic heterocycles. The first-order chi connectivity index (χ1) is 5.41. The lowest BCUT2D eigenvalue weighted by Crippen LogP contribution is -2.27. The first-order valence-electron chi connectivity index (χ1n) is 3.07. The highest BCUT2D eigenvalue weighted by Crippen LogP contribution is 2.34. The highest BCUT2D eigenvalue weighted by atomic mass is 32.1. The Morgan fingerprint density at radius 3 is 2.33 bits per heavy atom. The predicted octanol–water partition coefficient (Wildman–Crippen LogP) is 1.89. The highest BCUT2D eigenvalue weighted by Gasteiger charge is 2.38. The van der Waals surface area contributed by atoms with Crippen LogP contribution in [-0.4, -0.2) is 6.18 Å². The Kier molecular flexibility index (Phi) is 2.29. The number of thiophene rings is 1. The molecule has 0 saturated heterocycles. The minimum absolute atomic E-state index is 0.0417. The van der Waals surface area contributed by atoms with Crippen molar-refractivity contribution in [1.82, 2.24) is 0 Å². The fourth-order valence-corrected chi connectivity index (χ4v) is 1.52. The van der Waals surface area contributed by atoms with Gasteiger partial charge in [0.15, 0.2) is 0 Å². The van der Waals surface area contributed by atoms with Crippen LogP contribution in [0.4, 0.5) is 18.9 Å². The number of hydrogen-bond donors (Lipinski definition) is 2. The normalized spacial score (nSPS) is 14.7. The van der Waals surface area contributed by atoms with Gasteiger partial charge in [-0.1, -0.05) is 0 Å². The minimum atomic E-state index is -4.39. The van der Waals surface area contributed by atoms with Crippen LogP contribution in [0.5, 0.6) is 0 Å². The van der Waals surface area contributed by atoms with Crippen LogP contribution in [0.3, 0.4) is 0 Å². The molecule has 0 saturated carbocycles. The Bertz CT molecular complexity index is 268. The van der Waals surface area contributed by atoms with Crippen molar-refractivity contribution < 1.29 is 13.2 Å². The molecule has 0 aliphatic heterocycles. The van der Waals surface area contributed by atoms with Gasteiger partial charge < -0.3 is 11.5 Å². The van der Waals surface area contributed by atoms with E-state index in [9.17, 15) is 13.2 Å². The second-order valence-electron chi connectivity index (χ2n) is 2.30. The summed E-state index contributed by atoms with van der Waals surface area (Å²) in [6.07, 6.45) is -4.39. The van der Waals surface area contributed by atoms with Crippen molar-refractivity contribution in [2.24, 2.45) is 5.73 Å². The summed E-state index contributed by atoms with van der Waals surface area (Å²) in [6, 6.07) is -0.678. The molecule has 0 unspecified atom stereocenters. The predicted molar refractivity (Wildman–Crippen MR) is 41.7 cm³/mol. The number of alkyl halides is 3. The number of hydrogen-bond acceptors (Lipinski definition) is 3. The molecule has 0 bridgehead atoms. The number of nitrogen functional groups attached to an aromatic ring is 1. The third-order valence-corrected chi connectivity index (χ3v) is 2.33. The molecule has 0 aliphatic rings. The van der Waals surface area contributed by atoms with E-state index in [2.05, 4.69) is 0 Å². The van der Waals surface area contributed by atoms with Gasteiger partial charge in [-0.2, -0.15) is 13.2 Å². The maximum Gasteiger partial charge on any atom is 0.408 e. The number of halogens is 3. The number of anilines is 1. The van der Waals surface area contributed by atoms with Crippen LogP contribution in [0.25, 0.3) is 0 Å². The molecule has 2 nitrogen and oxygen atoms in total. The van der Waals surface area contributed by atoms with Crippen molar-refractivity contribution in [2.75, 3.05) is 5.73 Å². The molecule has 0 radical (unpaired) electrons. The summed E-state index contributed by atoms with van der Waals surface area (Å²) in [5.74, 6) is 0. The quantitative estimate of drug-likeness (QED) is 0.720. The van der Waals surface area contributed by atoms with E-state index in [0.717, 1.165) is 11.3 Å². The van der Waals surface area contributed by atoms with Gasteiger partial charge in [0.2, 0.25) is 0 Å². The fourth-order valence-electron chi connectivity index (χ4n) is 0.693. The van der Waals surface area contributed by atoms with Gasteiger partial charge >= 0.3 is 6.18 Å². The molecule has 1 atom stereocenters. The lowest BCUT2D eigenvalue weighted by Gasteiger charge is -2.12. The molecular weight excluding hydrogens is 189 g/mol. The van der Waals surface area contributed by atoms with Crippen LogP contribution in [-0.2, 0) is 0 Å². The molecule has 0 fully saturated rings. The molecular formula is C6H7F3N2S. The van der Waals surface area contributed by atoms with Crippen LogP contribution in [0, 0.1) is 0 Å². The Morgan fingerprint density at radius 1 is 1.42 bits per heavy atom. The topological polar surface area (TPSA) is 52.0 Å². The van der Waals surface area contributed by atoms with Crippen LogP contribution >= 0.6 is 11.3 Å². The molecule has 1 heterocycles. The van der Waals surface area contributed by atoms with Gasteiger partial charge in [0.25, 0.3) is 0 Å². The lowest BCUT2D eigenvalue weighted by atomic mass is 10.2. The number of nitrogens with two attached hydrogens (primary N) is 2. The van der Waals surface area contributed by atoms with Crippen LogP contribution in [0.2, 0.25) is 0 Å². The molecule has 0 amide bonds. The van der Waals surface area contributed by atoms with E-state index in [4.69, 9.17) is 11.5 Å². The van der Waals surface area contributed by atoms with E-state index in [0.29, 0.717) is 5.69 Å². The Morgan fingerprint density at radius 2 is 2.00 bits per heavy atom. The van der Waals surface area contributed by atoms with Gasteiger partial charge in [0.1, 0.15) is 6.04 Å². The standard InChI is InChI=1S/C6H7F3N2S/c7-6(8,9)5(11)4-1-3(10)2-12-4/h1-2,5H,10-11H2/t5-/m0/s1. The largest absolute Gasteiger partial charge is 0.408 e. The zero-order chi connectivity index (χ0) is 9.35. The Labute approximate surface area is 71.0 Å². The summed E-state index contributed by atoms with van der Waals surface area (Å²) < 4.78 is 36.0. The van der Waals surface area contributed by atoms with E-state index in [1.165, 1.54) is 11.4 Å². The van der Waals surface area contributed by atoms with Gasteiger partial charge in [0.05, 0.1) is 0 Å². The zero-order valence-corrected chi connectivity index (χ0v) is 6.75. The molecule has 0 aliphatic carbocycles. The third-order valence-electron chi connectivity index (χ3n) is 1.30. The third kappa shape index (κ3) is 1.89. The Balaban J connectivity index is 2.85. The van der Waals surface area contributed by atoms with Crippen molar-refractivity contribution in [3.05, 3.63) is 16.3 Å². The summed E-state index contributed by atoms with van der Waals surface area (Å²) in [6.45, 7) is 0. The Hall–Kier alpha value is -0.750. The lowest BCUT2D eigenvalue weighted by molar-refractivity contribution is -0.148. The van der Waals surface area contributed by atoms with Crippen LogP contribution < -0.4 is 11.5 Å². The summed E-state index contributed by atoms with van der Waals surface area (Å²) in [5, 5.41) is 1.43. The van der Waals surface area contributed by atoms with Crippen LogP contribution in [0.15, 0.2) is 11.4 Å². The average Bonchev–Trinajstić information content (AvgIpc) is 2.32. The van der Waals surface area contributed by atoms with Crippen molar-refractivity contribution in [1.29, 1.82) is 0 Å². The molecule has 0 spiro atoms. The summed E-state index contributed by atoms with van der Waals surface area (Å²) in [5.41, 5.74) is 10.5. The summed E-state index contributed by atoms with van der Waals surface area (Å²) in [7, 11) is 0. The molecule has 1 aromatic rings. The smallest absolute Gasteiger partial charge is 0.398 e. The molecule has 4 N–H and O–H groups in total. The number of rotatable bonds is 1. The molecule has 12 heavy (non-hydrogen) atoms. The van der Waals surface area contributed by atoms with E-state index < -0.39 is 12.2 Å². The first-order valence-corrected chi connectivity index (χ1v) is 3.95. The van der Waals surface area contributed by atoms with Gasteiger partial charge in [-0.3, -0.25) is 0 Å². The average molecular weight is 196 g/mol. The zero-order valence-electron chi connectivity index (χ0n) is 5.93. The van der Waals surface area contributed by atoms with Gasteiger partial charge in [-0.05, 0) is 6.07 Å². The van der Waals surface area contributed by atoms with Crippen LogP contribution in [0.1, 0.15) is 10.9 Å². The van der Waals surface area contributed by atoms with Crippen molar-refractivity contribution in [2.45, 2.75) is 12.2 Å². The van der Waals surface area contributed by atoms with Crippen molar-refractivity contribution >= 4 is 17.0 Å². The molecule has 6 heteroatoms. The van der Waals surface area contributed by atoms with Gasteiger partial charge in [0, 0.05) is 15.9 Å². The van der Waals surface area contributed by atoms with Crippen molar-refractivity contribution in [3.8, 4) is 0 Å². The fraction of sp³-hybridized carbons (Fsp3) is 0.333. The highest BCUT2D eigenvalue weighted by molar-refractivity contribution is 7.10. The molecule has 1 rings (SSSR count). The van der Waals surface area contributed by atoms with E-state index in [1.54, 1.807) is 0 Å². The molecule has 0 aromatic carbocycles. The van der Waals surface area contributed by atoms with E-state index in [1.807, 2.05) is 0 Å². The van der Waals surface area contributed by atoms with Crippen molar-refractivity contribution in [3.63, 3.8) is 0 Å². The maximum atomic E-state index is 12.0.